The molecule has 0 aliphatic rings. The lowest BCUT2D eigenvalue weighted by Crippen LogP contribution is -2.25. The molecule has 2 N–H and O–H groups in total. The van der Waals surface area contributed by atoms with E-state index in [0.717, 1.165) is 28.0 Å². The van der Waals surface area contributed by atoms with Crippen LogP contribution in [0.25, 0.3) is 10.9 Å². The van der Waals surface area contributed by atoms with Crippen LogP contribution in [0.2, 0.25) is 0 Å². The monoisotopic (exact) mass is 314 g/mol. The zero-order valence-electron chi connectivity index (χ0n) is 13.0. The normalized spacial score (nSPS) is 11.0. The Labute approximate surface area is 133 Å². The lowest BCUT2D eigenvalue weighted by Gasteiger charge is -2.04. The topological polar surface area (TPSA) is 58.0 Å². The fraction of sp³-hybridized carbons (Fsp3) is 0.278. The number of nitrogens with one attached hydrogen (secondary N) is 2. The highest BCUT2D eigenvalue weighted by molar-refractivity contribution is 5.83. The van der Waals surface area contributed by atoms with Crippen molar-refractivity contribution < 1.29 is 13.6 Å². The molecule has 1 aromatic carbocycles. The Kier molecular flexibility index (Phi) is 4.46. The molecule has 0 atom stereocenters. The number of hydrogen-bond acceptors (Lipinski definition) is 2. The van der Waals surface area contributed by atoms with Crippen molar-refractivity contribution in [3.8, 4) is 0 Å². The number of aryl methyl sites for hydroxylation is 2. The molecule has 0 saturated heterocycles. The van der Waals surface area contributed by atoms with Crippen LogP contribution in [0.1, 0.15) is 23.5 Å². The maximum atomic E-state index is 13.3. The van der Waals surface area contributed by atoms with E-state index in [-0.39, 0.29) is 11.7 Å². The maximum Gasteiger partial charge on any atom is 0.220 e. The van der Waals surface area contributed by atoms with E-state index in [4.69, 9.17) is 4.42 Å². The van der Waals surface area contributed by atoms with Gasteiger partial charge in [0.05, 0.1) is 0 Å². The molecule has 0 aliphatic heterocycles. The van der Waals surface area contributed by atoms with E-state index in [9.17, 15) is 9.18 Å². The Morgan fingerprint density at radius 1 is 1.26 bits per heavy atom. The average Bonchev–Trinajstić information content (AvgIpc) is 3.12. The van der Waals surface area contributed by atoms with Crippen LogP contribution in [0.3, 0.4) is 0 Å². The van der Waals surface area contributed by atoms with E-state index in [1.54, 1.807) is 6.07 Å². The van der Waals surface area contributed by atoms with Gasteiger partial charge in [0.25, 0.3) is 0 Å². The van der Waals surface area contributed by atoms with Crippen molar-refractivity contribution in [2.24, 2.45) is 0 Å². The van der Waals surface area contributed by atoms with Gasteiger partial charge in [-0.25, -0.2) is 4.39 Å². The zero-order valence-corrected chi connectivity index (χ0v) is 13.0. The van der Waals surface area contributed by atoms with Crippen LogP contribution in [-0.4, -0.2) is 17.4 Å². The smallest absolute Gasteiger partial charge is 0.220 e. The van der Waals surface area contributed by atoms with Crippen molar-refractivity contribution in [1.29, 1.82) is 0 Å². The van der Waals surface area contributed by atoms with Crippen molar-refractivity contribution >= 4 is 16.8 Å². The highest BCUT2D eigenvalue weighted by Gasteiger charge is 2.07. The van der Waals surface area contributed by atoms with Gasteiger partial charge in [-0.3, -0.25) is 4.79 Å². The Morgan fingerprint density at radius 3 is 2.91 bits per heavy atom. The van der Waals surface area contributed by atoms with Crippen molar-refractivity contribution in [1.82, 2.24) is 10.3 Å². The van der Waals surface area contributed by atoms with Crippen LogP contribution in [0.15, 0.2) is 40.9 Å². The summed E-state index contributed by atoms with van der Waals surface area (Å²) in [6.07, 6.45) is 3.52. The predicted molar refractivity (Wildman–Crippen MR) is 86.7 cm³/mol. The molecule has 2 aromatic heterocycles. The third-order valence-corrected chi connectivity index (χ3v) is 3.84. The molecule has 0 spiro atoms. The number of aromatic amines is 1. The maximum absolute atomic E-state index is 13.3. The molecule has 120 valence electrons. The van der Waals surface area contributed by atoms with Gasteiger partial charge in [-0.05, 0) is 49.2 Å². The molecule has 0 aliphatic carbocycles. The number of carbonyl (C=O) groups is 1. The number of halogens is 1. The number of benzene rings is 1. The average molecular weight is 314 g/mol. The molecule has 0 bridgehead atoms. The number of rotatable bonds is 6. The summed E-state index contributed by atoms with van der Waals surface area (Å²) in [4.78, 5) is 15.0. The second-order valence-electron chi connectivity index (χ2n) is 5.62. The quantitative estimate of drug-likeness (QED) is 0.731. The molecule has 23 heavy (non-hydrogen) atoms. The number of fused-ring (bicyclic) bond motifs is 1. The fourth-order valence-corrected chi connectivity index (χ4v) is 2.64. The lowest BCUT2D eigenvalue weighted by atomic mass is 10.1. The Bertz CT molecular complexity index is 819. The van der Waals surface area contributed by atoms with Crippen molar-refractivity contribution in [2.75, 3.05) is 6.54 Å². The van der Waals surface area contributed by atoms with E-state index in [2.05, 4.69) is 10.3 Å². The van der Waals surface area contributed by atoms with Crippen molar-refractivity contribution in [2.45, 2.75) is 26.2 Å². The zero-order chi connectivity index (χ0) is 16.2. The van der Waals surface area contributed by atoms with Crippen LogP contribution >= 0.6 is 0 Å². The van der Waals surface area contributed by atoms with Crippen molar-refractivity contribution in [3.63, 3.8) is 0 Å². The van der Waals surface area contributed by atoms with Crippen LogP contribution in [-0.2, 0) is 17.6 Å². The molecule has 0 saturated carbocycles. The first-order valence-electron chi connectivity index (χ1n) is 7.69. The number of furan rings is 1. The van der Waals surface area contributed by atoms with Gasteiger partial charge in [0.2, 0.25) is 5.91 Å². The minimum absolute atomic E-state index is 0.00919. The molecule has 0 radical (unpaired) electrons. The van der Waals surface area contributed by atoms with Crippen LogP contribution in [0.4, 0.5) is 4.39 Å². The molecule has 0 fully saturated rings. The SMILES string of the molecule is Cc1ccc(CCC(=O)NCCc2c[nH]c3ccc(F)cc23)o1. The Balaban J connectivity index is 1.48. The summed E-state index contributed by atoms with van der Waals surface area (Å²) in [5.41, 5.74) is 1.90. The molecule has 1 amide bonds. The van der Waals surface area contributed by atoms with Crippen LogP contribution in [0.5, 0.6) is 0 Å². The first-order chi connectivity index (χ1) is 11.1. The van der Waals surface area contributed by atoms with E-state index in [1.807, 2.05) is 25.3 Å². The highest BCUT2D eigenvalue weighted by Crippen LogP contribution is 2.19. The molecule has 3 aromatic rings. The van der Waals surface area contributed by atoms with Gasteiger partial charge in [-0.2, -0.15) is 0 Å². The summed E-state index contributed by atoms with van der Waals surface area (Å²) < 4.78 is 18.8. The van der Waals surface area contributed by atoms with Gasteiger partial charge in [0.1, 0.15) is 17.3 Å². The molecule has 2 heterocycles. The summed E-state index contributed by atoms with van der Waals surface area (Å²) in [7, 11) is 0. The van der Waals surface area contributed by atoms with Crippen LogP contribution in [0, 0.1) is 12.7 Å². The highest BCUT2D eigenvalue weighted by atomic mass is 19.1. The van der Waals surface area contributed by atoms with E-state index in [1.165, 1.54) is 12.1 Å². The van der Waals surface area contributed by atoms with Crippen molar-refractivity contribution in [3.05, 3.63) is 59.4 Å². The molecular formula is C18H19FN2O2. The third-order valence-electron chi connectivity index (χ3n) is 3.84. The van der Waals surface area contributed by atoms with Gasteiger partial charge in [0, 0.05) is 36.5 Å². The number of hydrogen-bond donors (Lipinski definition) is 2. The number of carbonyl (C=O) groups excluding carboxylic acids is 1. The standard InChI is InChI=1S/C18H19FN2O2/c1-12-2-4-15(23-12)5-7-18(22)20-9-8-13-11-21-17-6-3-14(19)10-16(13)17/h2-4,6,10-11,21H,5,7-9H2,1H3,(H,20,22). The molecule has 5 heteroatoms. The summed E-state index contributed by atoms with van der Waals surface area (Å²) >= 11 is 0. The first kappa shape index (κ1) is 15.3. The summed E-state index contributed by atoms with van der Waals surface area (Å²) in [6.45, 7) is 2.41. The lowest BCUT2D eigenvalue weighted by molar-refractivity contribution is -0.121. The van der Waals surface area contributed by atoms with Gasteiger partial charge in [-0.1, -0.05) is 0 Å². The molecule has 4 nitrogen and oxygen atoms in total. The summed E-state index contributed by atoms with van der Waals surface area (Å²) in [6, 6.07) is 8.45. The second kappa shape index (κ2) is 6.69. The van der Waals surface area contributed by atoms with Gasteiger partial charge >= 0.3 is 0 Å². The summed E-state index contributed by atoms with van der Waals surface area (Å²) in [5, 5.41) is 3.76. The minimum atomic E-state index is -0.254. The largest absolute Gasteiger partial charge is 0.466 e. The van der Waals surface area contributed by atoms with E-state index < -0.39 is 0 Å². The van der Waals surface area contributed by atoms with E-state index >= 15 is 0 Å². The number of amides is 1. The third kappa shape index (κ3) is 3.80. The van der Waals surface area contributed by atoms with Crippen LogP contribution < -0.4 is 5.32 Å². The minimum Gasteiger partial charge on any atom is -0.466 e. The Morgan fingerprint density at radius 2 is 2.13 bits per heavy atom. The first-order valence-corrected chi connectivity index (χ1v) is 7.69. The predicted octanol–water partition coefficient (Wildman–Crippen LogP) is 3.50. The van der Waals surface area contributed by atoms with Gasteiger partial charge in [-0.15, -0.1) is 0 Å². The fourth-order valence-electron chi connectivity index (χ4n) is 2.64. The second-order valence-corrected chi connectivity index (χ2v) is 5.62. The van der Waals surface area contributed by atoms with E-state index in [0.29, 0.717) is 25.8 Å². The number of aromatic nitrogens is 1. The van der Waals surface area contributed by atoms with Gasteiger partial charge < -0.3 is 14.7 Å². The molecular weight excluding hydrogens is 295 g/mol. The number of H-pyrrole nitrogens is 1. The summed E-state index contributed by atoms with van der Waals surface area (Å²) in [5.74, 6) is 1.41. The van der Waals surface area contributed by atoms with Gasteiger partial charge in [0.15, 0.2) is 0 Å². The molecule has 0 unspecified atom stereocenters. The Hall–Kier alpha value is -2.56. The molecule has 3 rings (SSSR count).